The number of thioether (sulfide) groups is 1. The van der Waals surface area contributed by atoms with Crippen LogP contribution in [0.1, 0.15) is 11.4 Å². The lowest BCUT2D eigenvalue weighted by molar-refractivity contribution is -0.147. The van der Waals surface area contributed by atoms with Gasteiger partial charge in [0.25, 0.3) is 5.91 Å². The molecule has 0 bridgehead atoms. The number of rotatable bonds is 7. The van der Waals surface area contributed by atoms with Crippen molar-refractivity contribution < 1.29 is 18.7 Å². The van der Waals surface area contributed by atoms with Crippen LogP contribution in [0.3, 0.4) is 0 Å². The van der Waals surface area contributed by atoms with E-state index in [9.17, 15) is 14.0 Å². The summed E-state index contributed by atoms with van der Waals surface area (Å²) in [5, 5.41) is 2.51. The van der Waals surface area contributed by atoms with Crippen molar-refractivity contribution in [1.29, 1.82) is 0 Å². The minimum atomic E-state index is -0.546. The first kappa shape index (κ1) is 19.9. The molecule has 6 nitrogen and oxygen atoms in total. The Morgan fingerprint density at radius 1 is 1.25 bits per heavy atom. The molecule has 3 rings (SSSR count). The number of anilines is 1. The van der Waals surface area contributed by atoms with Gasteiger partial charge >= 0.3 is 5.97 Å². The van der Waals surface area contributed by atoms with Crippen LogP contribution in [0.4, 0.5) is 10.1 Å². The first-order valence-corrected chi connectivity index (χ1v) is 10.0. The van der Waals surface area contributed by atoms with Crippen LogP contribution in [0.25, 0.3) is 11.0 Å². The zero-order valence-corrected chi connectivity index (χ0v) is 16.4. The van der Waals surface area contributed by atoms with Crippen LogP contribution in [0, 0.1) is 12.7 Å². The molecule has 0 fully saturated rings. The largest absolute Gasteiger partial charge is 0.454 e. The normalized spacial score (nSPS) is 10.8. The van der Waals surface area contributed by atoms with Gasteiger partial charge in [-0.3, -0.25) is 9.59 Å². The minimum Gasteiger partial charge on any atom is -0.454 e. The Balaban J connectivity index is 1.61. The maximum atomic E-state index is 13.5. The molecule has 28 heavy (non-hydrogen) atoms. The Kier molecular flexibility index (Phi) is 6.30. The van der Waals surface area contributed by atoms with Gasteiger partial charge in [-0.05, 0) is 43.0 Å². The zero-order valence-electron chi connectivity index (χ0n) is 15.6. The molecule has 0 aliphatic rings. The molecule has 2 aromatic carbocycles. The number of imidazole rings is 1. The molecular formula is C20H20FN3O3S. The van der Waals surface area contributed by atoms with Crippen molar-refractivity contribution in [2.24, 2.45) is 0 Å². The third-order valence-electron chi connectivity index (χ3n) is 4.11. The number of aromatic nitrogens is 2. The van der Waals surface area contributed by atoms with Gasteiger partial charge < -0.3 is 14.6 Å². The van der Waals surface area contributed by atoms with Crippen LogP contribution in [0.2, 0.25) is 0 Å². The average Bonchev–Trinajstić information content (AvgIpc) is 3.01. The van der Waals surface area contributed by atoms with E-state index < -0.39 is 24.3 Å². The van der Waals surface area contributed by atoms with Crippen LogP contribution in [-0.4, -0.2) is 34.3 Å². The van der Waals surface area contributed by atoms with Gasteiger partial charge in [0.2, 0.25) is 0 Å². The lowest BCUT2D eigenvalue weighted by Gasteiger charge is -2.10. The molecule has 3 aromatic rings. The first-order chi connectivity index (χ1) is 13.5. The van der Waals surface area contributed by atoms with Gasteiger partial charge in [-0.1, -0.05) is 18.2 Å². The summed E-state index contributed by atoms with van der Waals surface area (Å²) in [6.45, 7) is 1.15. The van der Waals surface area contributed by atoms with E-state index in [1.54, 1.807) is 35.4 Å². The summed E-state index contributed by atoms with van der Waals surface area (Å²) in [6, 6.07) is 11.9. The second-order valence-electron chi connectivity index (χ2n) is 6.21. The summed E-state index contributed by atoms with van der Waals surface area (Å²) < 4.78 is 20.4. The molecule has 0 saturated carbocycles. The number of carbonyl (C=O) groups excluding carboxylic acids is 2. The molecule has 0 aliphatic heterocycles. The molecule has 1 heterocycles. The molecule has 0 saturated heterocycles. The van der Waals surface area contributed by atoms with E-state index in [4.69, 9.17) is 4.74 Å². The van der Waals surface area contributed by atoms with Crippen LogP contribution in [0.15, 0.2) is 42.5 Å². The van der Waals surface area contributed by atoms with E-state index in [1.807, 2.05) is 30.5 Å². The number of hydrogen-bond acceptors (Lipinski definition) is 5. The molecule has 0 spiro atoms. The number of carbonyl (C=O) groups is 2. The maximum Gasteiger partial charge on any atom is 0.326 e. The predicted molar refractivity (Wildman–Crippen MR) is 108 cm³/mol. The van der Waals surface area contributed by atoms with E-state index in [-0.39, 0.29) is 6.54 Å². The van der Waals surface area contributed by atoms with Crippen molar-refractivity contribution in [3.63, 3.8) is 0 Å². The fourth-order valence-electron chi connectivity index (χ4n) is 2.73. The molecule has 0 unspecified atom stereocenters. The van der Waals surface area contributed by atoms with Crippen molar-refractivity contribution in [3.8, 4) is 0 Å². The molecule has 0 aliphatic carbocycles. The summed E-state index contributed by atoms with van der Waals surface area (Å²) in [5.41, 5.74) is 2.44. The highest BCUT2D eigenvalue weighted by Gasteiger charge is 2.15. The van der Waals surface area contributed by atoms with Crippen molar-refractivity contribution >= 4 is 40.4 Å². The highest BCUT2D eigenvalue weighted by molar-refractivity contribution is 7.97. The fraction of sp³-hybridized carbons (Fsp3) is 0.250. The predicted octanol–water partition coefficient (Wildman–Crippen LogP) is 3.53. The minimum absolute atomic E-state index is 0.0388. The van der Waals surface area contributed by atoms with Gasteiger partial charge in [0.05, 0.1) is 16.8 Å². The van der Waals surface area contributed by atoms with Crippen molar-refractivity contribution in [3.05, 3.63) is 59.7 Å². The maximum absolute atomic E-state index is 13.5. The Morgan fingerprint density at radius 2 is 2.04 bits per heavy atom. The SMILES string of the molecule is CSCc1nc2ccccc2n1CC(=O)OCC(=O)Nc1ccc(C)c(F)c1. The second kappa shape index (κ2) is 8.88. The third kappa shape index (κ3) is 4.69. The summed E-state index contributed by atoms with van der Waals surface area (Å²) in [7, 11) is 0. The Morgan fingerprint density at radius 3 is 2.79 bits per heavy atom. The van der Waals surface area contributed by atoms with E-state index in [2.05, 4.69) is 10.3 Å². The van der Waals surface area contributed by atoms with E-state index in [0.29, 0.717) is 17.0 Å². The Hall–Kier alpha value is -2.87. The van der Waals surface area contributed by atoms with Crippen LogP contribution in [-0.2, 0) is 26.6 Å². The highest BCUT2D eigenvalue weighted by atomic mass is 32.2. The third-order valence-corrected chi connectivity index (χ3v) is 4.66. The van der Waals surface area contributed by atoms with Crippen molar-refractivity contribution in [2.45, 2.75) is 19.2 Å². The lowest BCUT2D eigenvalue weighted by Crippen LogP contribution is -2.23. The van der Waals surface area contributed by atoms with Crippen LogP contribution >= 0.6 is 11.8 Å². The topological polar surface area (TPSA) is 73.2 Å². The van der Waals surface area contributed by atoms with E-state index in [0.717, 1.165) is 16.9 Å². The first-order valence-electron chi connectivity index (χ1n) is 8.62. The standard InChI is InChI=1S/C20H20FN3O3S/c1-13-7-8-14(9-15(13)21)22-19(25)11-27-20(26)10-24-17-6-4-3-5-16(17)23-18(24)12-28-2/h3-9H,10-12H2,1-2H3,(H,22,25). The summed E-state index contributed by atoms with van der Waals surface area (Å²) in [6.07, 6.45) is 1.96. The number of nitrogens with zero attached hydrogens (tertiary/aromatic N) is 2. The van der Waals surface area contributed by atoms with Gasteiger partial charge in [0.15, 0.2) is 6.61 Å². The summed E-state index contributed by atoms with van der Waals surface area (Å²) in [5.74, 6) is -0.0676. The average molecular weight is 401 g/mol. The molecular weight excluding hydrogens is 381 g/mol. The fourth-order valence-corrected chi connectivity index (χ4v) is 3.21. The van der Waals surface area contributed by atoms with Gasteiger partial charge in [0, 0.05) is 5.69 Å². The van der Waals surface area contributed by atoms with Gasteiger partial charge in [-0.2, -0.15) is 11.8 Å². The molecule has 1 aromatic heterocycles. The van der Waals surface area contributed by atoms with Gasteiger partial charge in [0.1, 0.15) is 18.2 Å². The molecule has 1 amide bonds. The van der Waals surface area contributed by atoms with E-state index >= 15 is 0 Å². The van der Waals surface area contributed by atoms with Crippen LogP contribution < -0.4 is 5.32 Å². The molecule has 0 radical (unpaired) electrons. The Labute approximate surface area is 166 Å². The van der Waals surface area contributed by atoms with Gasteiger partial charge in [-0.15, -0.1) is 0 Å². The van der Waals surface area contributed by atoms with Crippen molar-refractivity contribution in [2.75, 3.05) is 18.2 Å². The number of para-hydroxylation sites is 2. The zero-order chi connectivity index (χ0) is 20.1. The number of fused-ring (bicyclic) bond motifs is 1. The van der Waals surface area contributed by atoms with Crippen molar-refractivity contribution in [1.82, 2.24) is 9.55 Å². The molecule has 0 atom stereocenters. The number of ether oxygens (including phenoxy) is 1. The Bertz CT molecular complexity index is 1020. The molecule has 146 valence electrons. The number of nitrogens with one attached hydrogen (secondary N) is 1. The van der Waals surface area contributed by atoms with E-state index in [1.165, 1.54) is 6.07 Å². The van der Waals surface area contributed by atoms with Gasteiger partial charge in [-0.25, -0.2) is 9.37 Å². The summed E-state index contributed by atoms with van der Waals surface area (Å²) in [4.78, 5) is 28.8. The molecule has 1 N–H and O–H groups in total. The number of benzene rings is 2. The number of aryl methyl sites for hydroxylation is 1. The van der Waals surface area contributed by atoms with Crippen LogP contribution in [0.5, 0.6) is 0 Å². The number of hydrogen-bond donors (Lipinski definition) is 1. The quantitative estimate of drug-likeness (QED) is 0.613. The second-order valence-corrected chi connectivity index (χ2v) is 7.07. The monoisotopic (exact) mass is 401 g/mol. The lowest BCUT2D eigenvalue weighted by atomic mass is 10.2. The summed E-state index contributed by atoms with van der Waals surface area (Å²) >= 11 is 1.60. The number of esters is 1. The smallest absolute Gasteiger partial charge is 0.326 e. The number of amides is 1. The highest BCUT2D eigenvalue weighted by Crippen LogP contribution is 2.19. The molecule has 8 heteroatoms. The number of halogens is 1.